The molecular formula is C13H21F2N. The van der Waals surface area contributed by atoms with Gasteiger partial charge in [-0.25, -0.2) is 8.78 Å². The standard InChI is InChI=1S/C13H21F2N/c1-3-5-6-12(16-4-2)11-7-9-13(14,15)10-8-11/h11-12,16H,4,6-10H2,1-2H3. The third-order valence-electron chi connectivity index (χ3n) is 3.30. The van der Waals surface area contributed by atoms with Crippen LogP contribution in [0.15, 0.2) is 0 Å². The predicted octanol–water partition coefficient (Wildman–Crippen LogP) is 3.20. The summed E-state index contributed by atoms with van der Waals surface area (Å²) < 4.78 is 26.1. The molecule has 0 saturated heterocycles. The predicted molar refractivity (Wildman–Crippen MR) is 62.4 cm³/mol. The summed E-state index contributed by atoms with van der Waals surface area (Å²) in [7, 11) is 0. The third kappa shape index (κ3) is 4.09. The molecule has 1 fully saturated rings. The van der Waals surface area contributed by atoms with Crippen molar-refractivity contribution in [3.63, 3.8) is 0 Å². The molecule has 0 amide bonds. The Labute approximate surface area is 97.0 Å². The minimum Gasteiger partial charge on any atom is -0.313 e. The maximum absolute atomic E-state index is 13.0. The zero-order valence-corrected chi connectivity index (χ0v) is 10.2. The Morgan fingerprint density at radius 1 is 1.38 bits per heavy atom. The van der Waals surface area contributed by atoms with Crippen molar-refractivity contribution in [3.8, 4) is 11.8 Å². The number of rotatable bonds is 4. The fourth-order valence-corrected chi connectivity index (χ4v) is 2.34. The Kier molecular flexibility index (Phi) is 5.21. The number of alkyl halides is 2. The second kappa shape index (κ2) is 6.20. The quantitative estimate of drug-likeness (QED) is 0.730. The largest absolute Gasteiger partial charge is 0.313 e. The summed E-state index contributed by atoms with van der Waals surface area (Å²) in [6.07, 6.45) is 2.10. The van der Waals surface area contributed by atoms with E-state index in [2.05, 4.69) is 17.2 Å². The summed E-state index contributed by atoms with van der Waals surface area (Å²) in [5.41, 5.74) is 0. The van der Waals surface area contributed by atoms with Crippen molar-refractivity contribution in [2.75, 3.05) is 6.54 Å². The minimum absolute atomic E-state index is 0.0408. The lowest BCUT2D eigenvalue weighted by Crippen LogP contribution is -2.39. The molecule has 0 heterocycles. The lowest BCUT2D eigenvalue weighted by molar-refractivity contribution is -0.0493. The van der Waals surface area contributed by atoms with Crippen molar-refractivity contribution in [1.82, 2.24) is 5.32 Å². The molecule has 1 aliphatic carbocycles. The van der Waals surface area contributed by atoms with Crippen molar-refractivity contribution in [1.29, 1.82) is 0 Å². The van der Waals surface area contributed by atoms with Crippen LogP contribution in [0.2, 0.25) is 0 Å². The fraction of sp³-hybridized carbons (Fsp3) is 0.846. The van der Waals surface area contributed by atoms with Gasteiger partial charge in [-0.15, -0.1) is 11.8 Å². The van der Waals surface area contributed by atoms with Crippen LogP contribution < -0.4 is 5.32 Å². The summed E-state index contributed by atoms with van der Waals surface area (Å²) in [6.45, 7) is 4.74. The van der Waals surface area contributed by atoms with Gasteiger partial charge in [0.15, 0.2) is 0 Å². The van der Waals surface area contributed by atoms with Gasteiger partial charge in [0.25, 0.3) is 0 Å². The van der Waals surface area contributed by atoms with Gasteiger partial charge in [0.05, 0.1) is 0 Å². The first kappa shape index (κ1) is 13.4. The van der Waals surface area contributed by atoms with Crippen LogP contribution >= 0.6 is 0 Å². The molecule has 1 atom stereocenters. The fourth-order valence-electron chi connectivity index (χ4n) is 2.34. The number of hydrogen-bond acceptors (Lipinski definition) is 1. The van der Waals surface area contributed by atoms with Crippen molar-refractivity contribution >= 4 is 0 Å². The summed E-state index contributed by atoms with van der Waals surface area (Å²) in [5, 5.41) is 3.37. The van der Waals surface area contributed by atoms with E-state index in [4.69, 9.17) is 0 Å². The highest BCUT2D eigenvalue weighted by Gasteiger charge is 2.37. The van der Waals surface area contributed by atoms with E-state index in [9.17, 15) is 8.78 Å². The van der Waals surface area contributed by atoms with Crippen LogP contribution in [0.5, 0.6) is 0 Å². The molecule has 0 aromatic carbocycles. The summed E-state index contributed by atoms with van der Waals surface area (Å²) in [5.74, 6) is 3.86. The van der Waals surface area contributed by atoms with Crippen LogP contribution in [-0.4, -0.2) is 18.5 Å². The second-order valence-corrected chi connectivity index (χ2v) is 4.49. The van der Waals surface area contributed by atoms with Crippen LogP contribution in [0, 0.1) is 17.8 Å². The van der Waals surface area contributed by atoms with Crippen LogP contribution in [0.4, 0.5) is 8.78 Å². The van der Waals surface area contributed by atoms with Gasteiger partial charge in [-0.1, -0.05) is 6.92 Å². The van der Waals surface area contributed by atoms with Gasteiger partial charge in [0.2, 0.25) is 5.92 Å². The Morgan fingerprint density at radius 2 is 2.00 bits per heavy atom. The van der Waals surface area contributed by atoms with E-state index < -0.39 is 5.92 Å². The molecule has 0 aliphatic heterocycles. The lowest BCUT2D eigenvalue weighted by atomic mass is 9.81. The molecule has 92 valence electrons. The molecular weight excluding hydrogens is 208 g/mol. The molecule has 16 heavy (non-hydrogen) atoms. The summed E-state index contributed by atoms with van der Waals surface area (Å²) in [4.78, 5) is 0. The van der Waals surface area contributed by atoms with Gasteiger partial charge in [-0.05, 0) is 32.2 Å². The van der Waals surface area contributed by atoms with E-state index in [-0.39, 0.29) is 18.9 Å². The number of halogens is 2. The molecule has 3 heteroatoms. The molecule has 0 bridgehead atoms. The Bertz CT molecular complexity index is 255. The van der Waals surface area contributed by atoms with Gasteiger partial charge >= 0.3 is 0 Å². The topological polar surface area (TPSA) is 12.0 Å². The highest BCUT2D eigenvalue weighted by Crippen LogP contribution is 2.37. The third-order valence-corrected chi connectivity index (χ3v) is 3.30. The zero-order chi connectivity index (χ0) is 12.0. The molecule has 0 aromatic heterocycles. The van der Waals surface area contributed by atoms with Gasteiger partial charge in [-0.3, -0.25) is 0 Å². The SMILES string of the molecule is CC#CCC(NCC)C1CCC(F)(F)CC1. The van der Waals surface area contributed by atoms with Crippen molar-refractivity contribution in [2.45, 2.75) is 57.9 Å². The molecule has 0 aromatic rings. The van der Waals surface area contributed by atoms with Crippen LogP contribution in [0.25, 0.3) is 0 Å². The van der Waals surface area contributed by atoms with E-state index in [0.717, 1.165) is 13.0 Å². The van der Waals surface area contributed by atoms with Crippen LogP contribution in [0.1, 0.15) is 46.0 Å². The number of hydrogen-bond donors (Lipinski definition) is 1. The molecule has 1 saturated carbocycles. The molecule has 1 unspecified atom stereocenters. The molecule has 1 aliphatic rings. The van der Waals surface area contributed by atoms with Gasteiger partial charge in [0.1, 0.15) is 0 Å². The normalized spacial score (nSPS) is 22.2. The van der Waals surface area contributed by atoms with Crippen molar-refractivity contribution < 1.29 is 8.78 Å². The first-order valence-corrected chi connectivity index (χ1v) is 6.10. The van der Waals surface area contributed by atoms with E-state index in [1.807, 2.05) is 13.8 Å². The second-order valence-electron chi connectivity index (χ2n) is 4.49. The highest BCUT2D eigenvalue weighted by atomic mass is 19.3. The van der Waals surface area contributed by atoms with Gasteiger partial charge in [0, 0.05) is 25.3 Å². The average molecular weight is 229 g/mol. The molecule has 1 N–H and O–H groups in total. The maximum Gasteiger partial charge on any atom is 0.248 e. The van der Waals surface area contributed by atoms with E-state index in [1.165, 1.54) is 0 Å². The van der Waals surface area contributed by atoms with Gasteiger partial charge in [-0.2, -0.15) is 0 Å². The first-order chi connectivity index (χ1) is 7.59. The van der Waals surface area contributed by atoms with Crippen LogP contribution in [0.3, 0.4) is 0 Å². The van der Waals surface area contributed by atoms with E-state index in [0.29, 0.717) is 18.8 Å². The lowest BCUT2D eigenvalue weighted by Gasteiger charge is -2.33. The van der Waals surface area contributed by atoms with Gasteiger partial charge < -0.3 is 5.32 Å². The smallest absolute Gasteiger partial charge is 0.248 e. The van der Waals surface area contributed by atoms with Crippen molar-refractivity contribution in [3.05, 3.63) is 0 Å². The van der Waals surface area contributed by atoms with Crippen molar-refractivity contribution in [2.24, 2.45) is 5.92 Å². The minimum atomic E-state index is -2.43. The molecule has 0 radical (unpaired) electrons. The number of nitrogens with one attached hydrogen (secondary N) is 1. The van der Waals surface area contributed by atoms with Crippen LogP contribution in [-0.2, 0) is 0 Å². The van der Waals surface area contributed by atoms with E-state index >= 15 is 0 Å². The first-order valence-electron chi connectivity index (χ1n) is 6.10. The average Bonchev–Trinajstić information content (AvgIpc) is 2.25. The molecule has 1 rings (SSSR count). The Morgan fingerprint density at radius 3 is 2.50 bits per heavy atom. The zero-order valence-electron chi connectivity index (χ0n) is 10.2. The van der Waals surface area contributed by atoms with E-state index in [1.54, 1.807) is 0 Å². The molecule has 1 nitrogen and oxygen atoms in total. The summed E-state index contributed by atoms with van der Waals surface area (Å²) in [6, 6.07) is 0.286. The summed E-state index contributed by atoms with van der Waals surface area (Å²) >= 11 is 0. The Hall–Kier alpha value is -0.620. The maximum atomic E-state index is 13.0. The molecule has 0 spiro atoms. The Balaban J connectivity index is 2.48. The highest BCUT2D eigenvalue weighted by molar-refractivity contribution is 5.00. The monoisotopic (exact) mass is 229 g/mol.